The van der Waals surface area contributed by atoms with Crippen LogP contribution in [0.4, 0.5) is 0 Å². The first-order chi connectivity index (χ1) is 10.6. The molecule has 1 aliphatic heterocycles. The molecule has 1 aromatic rings. The van der Waals surface area contributed by atoms with Crippen molar-refractivity contribution in [3.05, 3.63) is 23.9 Å². The summed E-state index contributed by atoms with van der Waals surface area (Å²) >= 11 is 2.07. The summed E-state index contributed by atoms with van der Waals surface area (Å²) in [6.07, 6.45) is 1.77. The number of halogens is 1. The predicted octanol–water partition coefficient (Wildman–Crippen LogP) is 2.86. The third kappa shape index (κ3) is 6.02. The van der Waals surface area contributed by atoms with Crippen molar-refractivity contribution in [2.75, 3.05) is 33.0 Å². The second-order valence-corrected chi connectivity index (χ2v) is 7.05. The number of aliphatic imine (C=N–C) groups is 1. The molecule has 0 bridgehead atoms. The number of methoxy groups -OCH3 is 1. The normalized spacial score (nSPS) is 18.6. The topological polar surface area (TPSA) is 49.8 Å². The molecule has 1 aliphatic rings. The number of aromatic nitrogens is 1. The average molecular weight is 450 g/mol. The van der Waals surface area contributed by atoms with Gasteiger partial charge in [-0.1, -0.05) is 13.8 Å². The van der Waals surface area contributed by atoms with Gasteiger partial charge in [0.2, 0.25) is 5.88 Å². The molecule has 23 heavy (non-hydrogen) atoms. The maximum Gasteiger partial charge on any atom is 0.213 e. The molecular formula is C16H27IN4OS. The van der Waals surface area contributed by atoms with Gasteiger partial charge in [-0.15, -0.1) is 24.0 Å². The molecule has 0 amide bonds. The number of hydrogen-bond donors (Lipinski definition) is 1. The van der Waals surface area contributed by atoms with Crippen molar-refractivity contribution in [3.63, 3.8) is 0 Å². The smallest absolute Gasteiger partial charge is 0.213 e. The molecule has 0 aromatic carbocycles. The maximum atomic E-state index is 5.16. The summed E-state index contributed by atoms with van der Waals surface area (Å²) in [5.74, 6) is 3.47. The third-order valence-electron chi connectivity index (χ3n) is 3.81. The molecule has 2 rings (SSSR count). The summed E-state index contributed by atoms with van der Waals surface area (Å²) in [6, 6.07) is 3.94. The number of nitrogens with one attached hydrogen (secondary N) is 1. The lowest BCUT2D eigenvalue weighted by atomic mass is 10.1. The number of thioether (sulfide) groups is 1. The van der Waals surface area contributed by atoms with Crippen LogP contribution in [0.1, 0.15) is 19.4 Å². The van der Waals surface area contributed by atoms with E-state index in [-0.39, 0.29) is 24.0 Å². The molecule has 1 aromatic heterocycles. The highest BCUT2D eigenvalue weighted by atomic mass is 127. The number of guanidine groups is 1. The molecule has 0 saturated carbocycles. The molecule has 1 saturated heterocycles. The van der Waals surface area contributed by atoms with Gasteiger partial charge in [0.1, 0.15) is 0 Å². The van der Waals surface area contributed by atoms with Crippen molar-refractivity contribution in [2.45, 2.75) is 25.6 Å². The van der Waals surface area contributed by atoms with E-state index in [2.05, 4.69) is 45.8 Å². The SMILES string of the molecule is CN=C(NCc1ccnc(OC)c1)N1CCSC(C(C)C)C1.I. The van der Waals surface area contributed by atoms with Crippen LogP contribution in [-0.2, 0) is 6.54 Å². The molecule has 0 radical (unpaired) electrons. The van der Waals surface area contributed by atoms with E-state index < -0.39 is 0 Å². The minimum Gasteiger partial charge on any atom is -0.481 e. The number of hydrogen-bond acceptors (Lipinski definition) is 4. The van der Waals surface area contributed by atoms with Crippen LogP contribution in [0.3, 0.4) is 0 Å². The summed E-state index contributed by atoms with van der Waals surface area (Å²) in [5.41, 5.74) is 1.14. The summed E-state index contributed by atoms with van der Waals surface area (Å²) < 4.78 is 5.16. The fourth-order valence-electron chi connectivity index (χ4n) is 2.46. The van der Waals surface area contributed by atoms with Crippen LogP contribution in [0, 0.1) is 5.92 Å². The van der Waals surface area contributed by atoms with Crippen LogP contribution in [0.2, 0.25) is 0 Å². The van der Waals surface area contributed by atoms with Gasteiger partial charge in [-0.2, -0.15) is 11.8 Å². The van der Waals surface area contributed by atoms with Crippen molar-refractivity contribution >= 4 is 41.7 Å². The Morgan fingerprint density at radius 1 is 1.57 bits per heavy atom. The van der Waals surface area contributed by atoms with Crippen LogP contribution >= 0.6 is 35.7 Å². The summed E-state index contributed by atoms with van der Waals surface area (Å²) in [6.45, 7) is 7.41. The van der Waals surface area contributed by atoms with Crippen LogP contribution in [0.15, 0.2) is 23.3 Å². The van der Waals surface area contributed by atoms with Gasteiger partial charge < -0.3 is 15.0 Å². The van der Waals surface area contributed by atoms with Gasteiger partial charge in [-0.05, 0) is 17.5 Å². The molecule has 1 unspecified atom stereocenters. The van der Waals surface area contributed by atoms with Crippen LogP contribution in [0.5, 0.6) is 5.88 Å². The van der Waals surface area contributed by atoms with Gasteiger partial charge in [0.25, 0.3) is 0 Å². The zero-order chi connectivity index (χ0) is 15.9. The highest BCUT2D eigenvalue weighted by molar-refractivity contribution is 14.0. The Labute approximate surface area is 160 Å². The molecule has 0 aliphatic carbocycles. The monoisotopic (exact) mass is 450 g/mol. The highest BCUT2D eigenvalue weighted by Crippen LogP contribution is 2.24. The Kier molecular flexibility index (Phi) is 9.04. The van der Waals surface area contributed by atoms with E-state index in [0.29, 0.717) is 17.0 Å². The van der Waals surface area contributed by atoms with Crippen LogP contribution in [0.25, 0.3) is 0 Å². The average Bonchev–Trinajstić information content (AvgIpc) is 2.56. The van der Waals surface area contributed by atoms with Crippen LogP contribution < -0.4 is 10.1 Å². The van der Waals surface area contributed by atoms with Crippen molar-refractivity contribution in [1.29, 1.82) is 0 Å². The zero-order valence-electron chi connectivity index (χ0n) is 14.3. The second-order valence-electron chi connectivity index (χ2n) is 5.71. The van der Waals surface area contributed by atoms with E-state index in [1.54, 1.807) is 13.3 Å². The van der Waals surface area contributed by atoms with Crippen molar-refractivity contribution in [2.24, 2.45) is 10.9 Å². The number of nitrogens with zero attached hydrogens (tertiary/aromatic N) is 3. The Morgan fingerprint density at radius 2 is 2.35 bits per heavy atom. The lowest BCUT2D eigenvalue weighted by Gasteiger charge is -2.36. The first kappa shape index (κ1) is 20.3. The molecular weight excluding hydrogens is 423 g/mol. The third-order valence-corrected chi connectivity index (χ3v) is 5.35. The number of pyridine rings is 1. The Hall–Kier alpha value is -0.700. The first-order valence-electron chi connectivity index (χ1n) is 7.70. The van der Waals surface area contributed by atoms with Gasteiger partial charge in [0.05, 0.1) is 7.11 Å². The minimum atomic E-state index is 0. The van der Waals surface area contributed by atoms with E-state index >= 15 is 0 Å². The number of rotatable bonds is 4. The molecule has 5 nitrogen and oxygen atoms in total. The van der Waals surface area contributed by atoms with E-state index in [1.807, 2.05) is 19.2 Å². The fraction of sp³-hybridized carbons (Fsp3) is 0.625. The van der Waals surface area contributed by atoms with Crippen molar-refractivity contribution < 1.29 is 4.74 Å². The van der Waals surface area contributed by atoms with Crippen molar-refractivity contribution in [1.82, 2.24) is 15.2 Å². The molecule has 130 valence electrons. The quantitative estimate of drug-likeness (QED) is 0.435. The molecule has 0 spiro atoms. The highest BCUT2D eigenvalue weighted by Gasteiger charge is 2.24. The second kappa shape index (κ2) is 10.2. The Bertz CT molecular complexity index is 513. The lowest BCUT2D eigenvalue weighted by Crippen LogP contribution is -2.48. The first-order valence-corrected chi connectivity index (χ1v) is 8.75. The maximum absolute atomic E-state index is 5.16. The van der Waals surface area contributed by atoms with Gasteiger partial charge >= 0.3 is 0 Å². The standard InChI is InChI=1S/C16H26N4OS.HI/c1-12(2)14-11-20(7-8-22-14)16(17-3)19-10-13-5-6-18-15(9-13)21-4;/h5-6,9,12,14H,7-8,10-11H2,1-4H3,(H,17,19);1H. The molecule has 1 atom stereocenters. The molecule has 1 N–H and O–H groups in total. The van der Waals surface area contributed by atoms with Gasteiger partial charge in [0, 0.05) is 49.9 Å². The number of ether oxygens (including phenoxy) is 1. The van der Waals surface area contributed by atoms with E-state index in [1.165, 1.54) is 0 Å². The molecule has 2 heterocycles. The minimum absolute atomic E-state index is 0. The Morgan fingerprint density at radius 3 is 3.00 bits per heavy atom. The fourth-order valence-corrected chi connectivity index (χ4v) is 3.76. The van der Waals surface area contributed by atoms with Crippen molar-refractivity contribution in [3.8, 4) is 5.88 Å². The predicted molar refractivity (Wildman–Crippen MR) is 109 cm³/mol. The largest absolute Gasteiger partial charge is 0.481 e. The summed E-state index contributed by atoms with van der Waals surface area (Å²) in [5, 5.41) is 4.12. The summed E-state index contributed by atoms with van der Waals surface area (Å²) in [4.78, 5) is 10.9. The van der Waals surface area contributed by atoms with E-state index in [9.17, 15) is 0 Å². The molecule has 1 fully saturated rings. The van der Waals surface area contributed by atoms with Gasteiger partial charge in [-0.3, -0.25) is 4.99 Å². The van der Waals surface area contributed by atoms with E-state index in [0.717, 1.165) is 36.9 Å². The lowest BCUT2D eigenvalue weighted by molar-refractivity contribution is 0.380. The Balaban J connectivity index is 0.00000264. The summed E-state index contributed by atoms with van der Waals surface area (Å²) in [7, 11) is 3.48. The van der Waals surface area contributed by atoms with Gasteiger partial charge in [0.15, 0.2) is 5.96 Å². The van der Waals surface area contributed by atoms with Crippen LogP contribution in [-0.4, -0.2) is 54.1 Å². The van der Waals surface area contributed by atoms with E-state index in [4.69, 9.17) is 4.74 Å². The molecule has 7 heteroatoms. The zero-order valence-corrected chi connectivity index (χ0v) is 17.4. The van der Waals surface area contributed by atoms with Gasteiger partial charge in [-0.25, -0.2) is 4.98 Å².